The van der Waals surface area contributed by atoms with Crippen molar-refractivity contribution in [3.63, 3.8) is 0 Å². The van der Waals surface area contributed by atoms with Gasteiger partial charge in [-0.1, -0.05) is 32.9 Å². The molecule has 2 N–H and O–H groups in total. The van der Waals surface area contributed by atoms with E-state index in [0.717, 1.165) is 11.6 Å². The maximum absolute atomic E-state index is 12.4. The summed E-state index contributed by atoms with van der Waals surface area (Å²) in [7, 11) is 0. The number of amides is 1. The number of aryl methyl sites for hydroxylation is 1. The summed E-state index contributed by atoms with van der Waals surface area (Å²) in [6, 6.07) is 5.35. The van der Waals surface area contributed by atoms with Crippen molar-refractivity contribution < 1.29 is 14.7 Å². The summed E-state index contributed by atoms with van der Waals surface area (Å²) in [5.74, 6) is -1.15. The number of carboxylic acid groups (broad SMARTS) is 1. The number of rotatable bonds is 4. The Morgan fingerprint density at radius 2 is 1.90 bits per heavy atom. The lowest BCUT2D eigenvalue weighted by molar-refractivity contribution is -0.131. The quantitative estimate of drug-likeness (QED) is 0.836. The van der Waals surface area contributed by atoms with Crippen LogP contribution in [0.4, 0.5) is 0 Å². The van der Waals surface area contributed by atoms with E-state index >= 15 is 0 Å². The van der Waals surface area contributed by atoms with Gasteiger partial charge in [0.05, 0.1) is 0 Å². The van der Waals surface area contributed by atoms with E-state index in [4.69, 9.17) is 5.11 Å². The predicted molar refractivity (Wildman–Crippen MR) is 84.2 cm³/mol. The van der Waals surface area contributed by atoms with Gasteiger partial charge >= 0.3 is 5.97 Å². The molecule has 1 unspecified atom stereocenters. The maximum Gasteiger partial charge on any atom is 0.328 e. The van der Waals surface area contributed by atoms with Crippen molar-refractivity contribution in [1.82, 2.24) is 5.32 Å². The zero-order chi connectivity index (χ0) is 16.2. The second-order valence-electron chi connectivity index (χ2n) is 6.31. The fourth-order valence-electron chi connectivity index (χ4n) is 1.65. The van der Waals surface area contributed by atoms with Crippen molar-refractivity contribution in [1.29, 1.82) is 0 Å². The number of aliphatic carboxylic acids is 1. The van der Waals surface area contributed by atoms with Crippen LogP contribution in [0.25, 0.3) is 6.08 Å². The van der Waals surface area contributed by atoms with Crippen LogP contribution in [0.5, 0.6) is 0 Å². The molecule has 0 saturated heterocycles. The van der Waals surface area contributed by atoms with E-state index in [9.17, 15) is 9.59 Å². The maximum atomic E-state index is 12.4. The second kappa shape index (κ2) is 6.57. The van der Waals surface area contributed by atoms with Crippen molar-refractivity contribution in [2.75, 3.05) is 0 Å². The summed E-state index contributed by atoms with van der Waals surface area (Å²) < 4.78 is 0. The van der Waals surface area contributed by atoms with Crippen molar-refractivity contribution in [2.45, 2.75) is 40.7 Å². The van der Waals surface area contributed by atoms with Crippen molar-refractivity contribution in [3.05, 3.63) is 41.0 Å². The Labute approximate surface area is 125 Å². The van der Waals surface area contributed by atoms with Crippen molar-refractivity contribution in [3.8, 4) is 0 Å². The number of carbonyl (C=O) groups excluding carboxylic acids is 1. The molecule has 114 valence electrons. The zero-order valence-electron chi connectivity index (χ0n) is 13.2. The van der Waals surface area contributed by atoms with E-state index in [1.54, 1.807) is 12.1 Å². The largest absolute Gasteiger partial charge is 0.478 e. The van der Waals surface area contributed by atoms with Gasteiger partial charge in [0.1, 0.15) is 0 Å². The van der Waals surface area contributed by atoms with Gasteiger partial charge in [-0.3, -0.25) is 4.79 Å². The van der Waals surface area contributed by atoms with Gasteiger partial charge in [-0.05, 0) is 42.5 Å². The highest BCUT2D eigenvalue weighted by Gasteiger charge is 2.22. The molecule has 1 amide bonds. The molecule has 1 aromatic rings. The van der Waals surface area contributed by atoms with Crippen LogP contribution in [0.1, 0.15) is 49.2 Å². The highest BCUT2D eigenvalue weighted by Crippen LogP contribution is 2.20. The lowest BCUT2D eigenvalue weighted by Crippen LogP contribution is -2.41. The molecule has 0 fully saturated rings. The fourth-order valence-corrected chi connectivity index (χ4v) is 1.65. The molecule has 4 nitrogen and oxygen atoms in total. The molecule has 21 heavy (non-hydrogen) atoms. The van der Waals surface area contributed by atoms with E-state index in [-0.39, 0.29) is 17.4 Å². The van der Waals surface area contributed by atoms with Gasteiger partial charge in [0.2, 0.25) is 0 Å². The molecule has 0 spiro atoms. The molecule has 0 aliphatic carbocycles. The van der Waals surface area contributed by atoms with Gasteiger partial charge in [-0.25, -0.2) is 4.79 Å². The SMILES string of the molecule is Cc1ccc(/C=C/C(=O)O)cc1C(=O)NC(C)C(C)(C)C. The van der Waals surface area contributed by atoms with E-state index in [1.165, 1.54) is 6.08 Å². The first kappa shape index (κ1) is 17.0. The highest BCUT2D eigenvalue weighted by molar-refractivity contribution is 5.96. The normalized spacial score (nSPS) is 13.2. The fraction of sp³-hybridized carbons (Fsp3) is 0.412. The number of nitrogens with one attached hydrogen (secondary N) is 1. The van der Waals surface area contributed by atoms with Crippen LogP contribution in [-0.2, 0) is 4.79 Å². The molecule has 1 aromatic carbocycles. The van der Waals surface area contributed by atoms with Crippen LogP contribution in [0, 0.1) is 12.3 Å². The molecule has 0 heterocycles. The van der Waals surface area contributed by atoms with Gasteiger partial charge in [-0.15, -0.1) is 0 Å². The van der Waals surface area contributed by atoms with E-state index in [1.807, 2.05) is 19.9 Å². The topological polar surface area (TPSA) is 66.4 Å². The smallest absolute Gasteiger partial charge is 0.328 e. The molecule has 0 aromatic heterocycles. The Morgan fingerprint density at radius 1 is 1.29 bits per heavy atom. The lowest BCUT2D eigenvalue weighted by Gasteiger charge is -2.28. The van der Waals surface area contributed by atoms with Crippen molar-refractivity contribution >= 4 is 18.0 Å². The number of benzene rings is 1. The van der Waals surface area contributed by atoms with Crippen LogP contribution < -0.4 is 5.32 Å². The summed E-state index contributed by atoms with van der Waals surface area (Å²) in [4.78, 5) is 22.9. The van der Waals surface area contributed by atoms with Crippen LogP contribution in [0.2, 0.25) is 0 Å². The predicted octanol–water partition coefficient (Wildman–Crippen LogP) is 3.26. The first-order chi connectivity index (χ1) is 9.61. The van der Waals surface area contributed by atoms with Crippen LogP contribution >= 0.6 is 0 Å². The van der Waals surface area contributed by atoms with E-state index in [2.05, 4.69) is 26.1 Å². The van der Waals surface area contributed by atoms with Crippen LogP contribution in [-0.4, -0.2) is 23.0 Å². The van der Waals surface area contributed by atoms with Crippen LogP contribution in [0.15, 0.2) is 24.3 Å². The van der Waals surface area contributed by atoms with Crippen LogP contribution in [0.3, 0.4) is 0 Å². The van der Waals surface area contributed by atoms with Crippen molar-refractivity contribution in [2.24, 2.45) is 5.41 Å². The molecule has 4 heteroatoms. The van der Waals surface area contributed by atoms with Gasteiger partial charge < -0.3 is 10.4 Å². The summed E-state index contributed by atoms with van der Waals surface area (Å²) in [5, 5.41) is 11.6. The Morgan fingerprint density at radius 3 is 2.43 bits per heavy atom. The highest BCUT2D eigenvalue weighted by atomic mass is 16.4. The molecule has 0 aliphatic heterocycles. The van der Waals surface area contributed by atoms with Gasteiger partial charge in [0.15, 0.2) is 0 Å². The summed E-state index contributed by atoms with van der Waals surface area (Å²) in [5.41, 5.74) is 2.10. The third kappa shape index (κ3) is 5.06. The Bertz CT molecular complexity index is 568. The molecule has 0 bridgehead atoms. The van der Waals surface area contributed by atoms with E-state index in [0.29, 0.717) is 11.1 Å². The standard InChI is InChI=1S/C17H23NO3/c1-11-6-7-13(8-9-15(19)20)10-14(11)16(21)18-12(2)17(3,4)5/h6-10,12H,1-5H3,(H,18,21)(H,19,20)/b9-8+. The number of carboxylic acids is 1. The zero-order valence-corrected chi connectivity index (χ0v) is 13.2. The molecule has 1 atom stereocenters. The first-order valence-electron chi connectivity index (χ1n) is 6.94. The minimum absolute atomic E-state index is 0.0234. The molecule has 0 aliphatic rings. The third-order valence-electron chi connectivity index (χ3n) is 3.57. The molecular formula is C17H23NO3. The van der Waals surface area contributed by atoms with Gasteiger partial charge in [-0.2, -0.15) is 0 Å². The minimum Gasteiger partial charge on any atom is -0.478 e. The average Bonchev–Trinajstić information content (AvgIpc) is 2.36. The Kier molecular flexibility index (Phi) is 5.30. The second-order valence-corrected chi connectivity index (χ2v) is 6.31. The summed E-state index contributed by atoms with van der Waals surface area (Å²) >= 11 is 0. The third-order valence-corrected chi connectivity index (χ3v) is 3.57. The van der Waals surface area contributed by atoms with Gasteiger partial charge in [0.25, 0.3) is 5.91 Å². The Balaban J connectivity index is 2.99. The molecule has 0 radical (unpaired) electrons. The summed E-state index contributed by atoms with van der Waals surface area (Å²) in [6.45, 7) is 10.0. The molecular weight excluding hydrogens is 266 g/mol. The monoisotopic (exact) mass is 289 g/mol. The van der Waals surface area contributed by atoms with E-state index < -0.39 is 5.97 Å². The molecule has 0 saturated carbocycles. The lowest BCUT2D eigenvalue weighted by atomic mass is 9.88. The number of hydrogen-bond donors (Lipinski definition) is 2. The number of hydrogen-bond acceptors (Lipinski definition) is 2. The average molecular weight is 289 g/mol. The number of carbonyl (C=O) groups is 2. The van der Waals surface area contributed by atoms with Gasteiger partial charge in [0, 0.05) is 17.7 Å². The minimum atomic E-state index is -1.01. The Hall–Kier alpha value is -2.10. The molecule has 1 rings (SSSR count). The first-order valence-corrected chi connectivity index (χ1v) is 6.94. The summed E-state index contributed by atoms with van der Waals surface area (Å²) in [6.07, 6.45) is 2.54.